The number of halogens is 1. The average Bonchev–Trinajstić information content (AvgIpc) is 3.37. The summed E-state index contributed by atoms with van der Waals surface area (Å²) in [6.07, 6.45) is 9.92. The molecule has 0 radical (unpaired) electrons. The van der Waals surface area contributed by atoms with Gasteiger partial charge in [0.25, 0.3) is 0 Å². The predicted molar refractivity (Wildman–Crippen MR) is 123 cm³/mol. The minimum Gasteiger partial charge on any atom is -0.381 e. The van der Waals surface area contributed by atoms with E-state index in [-0.39, 0.29) is 34.6 Å². The van der Waals surface area contributed by atoms with Gasteiger partial charge in [-0.25, -0.2) is 0 Å². The fourth-order valence-electron chi connectivity index (χ4n) is 4.34. The van der Waals surface area contributed by atoms with E-state index in [1.165, 1.54) is 12.8 Å². The van der Waals surface area contributed by atoms with E-state index < -0.39 is 0 Å². The lowest BCUT2D eigenvalue weighted by Gasteiger charge is -2.36. The van der Waals surface area contributed by atoms with Crippen LogP contribution in [0, 0.1) is 5.92 Å². The number of hydrogen-bond acceptors (Lipinski definition) is 4. The maximum absolute atomic E-state index is 12.6. The molecule has 0 aromatic heterocycles. The van der Waals surface area contributed by atoms with Crippen molar-refractivity contribution in [2.24, 2.45) is 10.9 Å². The van der Waals surface area contributed by atoms with Gasteiger partial charge in [0.05, 0.1) is 0 Å². The zero-order valence-corrected chi connectivity index (χ0v) is 19.8. The number of nitrogens with one attached hydrogen (secondary N) is 2. The average molecular weight is 510 g/mol. The van der Waals surface area contributed by atoms with Crippen LogP contribution in [0.25, 0.3) is 0 Å². The maximum Gasteiger partial charge on any atom is 0.225 e. The Kier molecular flexibility index (Phi) is 9.47. The fraction of sp³-hybridized carbons (Fsp3) is 0.895. The molecule has 1 amide bonds. The van der Waals surface area contributed by atoms with Crippen LogP contribution >= 0.6 is 35.7 Å². The highest BCUT2D eigenvalue weighted by atomic mass is 127. The molecule has 2 saturated heterocycles. The fourth-order valence-corrected chi connectivity index (χ4v) is 5.13. The molecule has 0 spiro atoms. The largest absolute Gasteiger partial charge is 0.381 e. The number of rotatable bonds is 5. The molecule has 156 valence electrons. The van der Waals surface area contributed by atoms with E-state index >= 15 is 0 Å². The third-order valence-electron chi connectivity index (χ3n) is 6.18. The number of nitrogens with zero attached hydrogens (tertiary/aromatic N) is 2. The maximum atomic E-state index is 12.6. The highest BCUT2D eigenvalue weighted by molar-refractivity contribution is 14.0. The number of carbonyl (C=O) groups is 1. The second-order valence-corrected chi connectivity index (χ2v) is 9.10. The van der Waals surface area contributed by atoms with Gasteiger partial charge in [0.1, 0.15) is 0 Å². The van der Waals surface area contributed by atoms with E-state index in [1.54, 1.807) is 0 Å². The van der Waals surface area contributed by atoms with E-state index in [0.717, 1.165) is 70.9 Å². The first-order valence-electron chi connectivity index (χ1n) is 10.0. The van der Waals surface area contributed by atoms with Crippen molar-refractivity contribution < 1.29 is 9.53 Å². The predicted octanol–water partition coefficient (Wildman–Crippen LogP) is 2.47. The molecule has 2 aliphatic heterocycles. The first kappa shape index (κ1) is 23.1. The van der Waals surface area contributed by atoms with Gasteiger partial charge in [-0.15, -0.1) is 24.0 Å². The van der Waals surface area contributed by atoms with Gasteiger partial charge in [-0.05, 0) is 38.4 Å². The van der Waals surface area contributed by atoms with Gasteiger partial charge >= 0.3 is 0 Å². The molecule has 3 rings (SSSR count). The Balaban J connectivity index is 0.00000261. The van der Waals surface area contributed by atoms with Crippen molar-refractivity contribution in [3.63, 3.8) is 0 Å². The number of ether oxygens (including phenoxy) is 1. The van der Waals surface area contributed by atoms with Crippen LogP contribution in [0.3, 0.4) is 0 Å². The third-order valence-corrected chi connectivity index (χ3v) is 7.60. The van der Waals surface area contributed by atoms with Gasteiger partial charge in [-0.1, -0.05) is 12.8 Å². The van der Waals surface area contributed by atoms with Crippen LogP contribution in [0.5, 0.6) is 0 Å². The molecule has 0 bridgehead atoms. The topological polar surface area (TPSA) is 66.0 Å². The molecular weight excluding hydrogens is 475 g/mol. The summed E-state index contributed by atoms with van der Waals surface area (Å²) in [5, 5.41) is 7.04. The number of carbonyl (C=O) groups excluding carboxylic acids is 1. The summed E-state index contributed by atoms with van der Waals surface area (Å²) >= 11 is 1.93. The van der Waals surface area contributed by atoms with Crippen molar-refractivity contribution in [2.75, 3.05) is 46.2 Å². The molecule has 6 nitrogen and oxygen atoms in total. The molecule has 1 unspecified atom stereocenters. The second kappa shape index (κ2) is 11.1. The molecule has 0 aromatic carbocycles. The number of aliphatic imine (C=N–C) groups is 1. The highest BCUT2D eigenvalue weighted by Gasteiger charge is 2.34. The summed E-state index contributed by atoms with van der Waals surface area (Å²) in [6, 6.07) is 0.298. The molecule has 3 aliphatic rings. The first-order chi connectivity index (χ1) is 12.7. The zero-order valence-electron chi connectivity index (χ0n) is 16.7. The molecule has 3 fully saturated rings. The van der Waals surface area contributed by atoms with Gasteiger partial charge in [0, 0.05) is 56.6 Å². The standard InChI is InChI=1S/C19H34N4O2S.HI/c1-20-18(21-14-19(26-2)8-11-25-12-9-19)22-16-7-10-23(13-16)17(24)15-5-3-4-6-15;/h15-16H,3-14H2,1-2H3,(H2,20,21,22);1H. The van der Waals surface area contributed by atoms with Crippen molar-refractivity contribution in [1.82, 2.24) is 15.5 Å². The zero-order chi connectivity index (χ0) is 18.4. The van der Waals surface area contributed by atoms with Crippen LogP contribution in [-0.2, 0) is 9.53 Å². The monoisotopic (exact) mass is 510 g/mol. The third kappa shape index (κ3) is 6.13. The van der Waals surface area contributed by atoms with Crippen LogP contribution in [0.1, 0.15) is 44.9 Å². The van der Waals surface area contributed by atoms with Crippen LogP contribution < -0.4 is 10.6 Å². The minimum absolute atomic E-state index is 0. The van der Waals surface area contributed by atoms with Crippen LogP contribution in [-0.4, -0.2) is 73.7 Å². The Bertz CT molecular complexity index is 508. The molecule has 1 atom stereocenters. The van der Waals surface area contributed by atoms with E-state index in [9.17, 15) is 4.79 Å². The number of amides is 1. The van der Waals surface area contributed by atoms with Crippen molar-refractivity contribution >= 4 is 47.6 Å². The van der Waals surface area contributed by atoms with E-state index in [2.05, 4.69) is 26.8 Å². The molecular formula is C19H35IN4O2S. The Morgan fingerprint density at radius 2 is 1.96 bits per heavy atom. The molecule has 27 heavy (non-hydrogen) atoms. The Hall–Kier alpha value is -0.220. The first-order valence-corrected chi connectivity index (χ1v) is 11.3. The Morgan fingerprint density at radius 1 is 1.26 bits per heavy atom. The number of likely N-dealkylation sites (tertiary alicyclic amines) is 1. The molecule has 2 heterocycles. The van der Waals surface area contributed by atoms with Gasteiger partial charge in [0.2, 0.25) is 5.91 Å². The summed E-state index contributed by atoms with van der Waals surface area (Å²) in [5.41, 5.74) is 0. The van der Waals surface area contributed by atoms with Crippen molar-refractivity contribution in [2.45, 2.75) is 55.7 Å². The van der Waals surface area contributed by atoms with E-state index in [0.29, 0.717) is 11.9 Å². The summed E-state index contributed by atoms with van der Waals surface area (Å²) in [7, 11) is 1.82. The minimum atomic E-state index is 0. The van der Waals surface area contributed by atoms with E-state index in [1.807, 2.05) is 18.8 Å². The Morgan fingerprint density at radius 3 is 2.59 bits per heavy atom. The Labute approximate surface area is 185 Å². The molecule has 1 aliphatic carbocycles. The lowest BCUT2D eigenvalue weighted by atomic mass is 9.99. The van der Waals surface area contributed by atoms with Gasteiger partial charge in [-0.2, -0.15) is 11.8 Å². The molecule has 0 aromatic rings. The van der Waals surface area contributed by atoms with Crippen molar-refractivity contribution in [3.05, 3.63) is 0 Å². The van der Waals surface area contributed by atoms with Crippen LogP contribution in [0.2, 0.25) is 0 Å². The van der Waals surface area contributed by atoms with E-state index in [4.69, 9.17) is 4.74 Å². The number of guanidine groups is 1. The smallest absolute Gasteiger partial charge is 0.225 e. The SMILES string of the molecule is CN=C(NCC1(SC)CCOCC1)NC1CCN(C(=O)C2CCCC2)C1.I. The summed E-state index contributed by atoms with van der Waals surface area (Å²) in [4.78, 5) is 19.1. The quantitative estimate of drug-likeness (QED) is 0.338. The lowest BCUT2D eigenvalue weighted by molar-refractivity contribution is -0.134. The van der Waals surface area contributed by atoms with Crippen molar-refractivity contribution in [3.8, 4) is 0 Å². The van der Waals surface area contributed by atoms with Gasteiger partial charge < -0.3 is 20.3 Å². The summed E-state index contributed by atoms with van der Waals surface area (Å²) < 4.78 is 5.75. The van der Waals surface area contributed by atoms with Crippen LogP contribution in [0.15, 0.2) is 4.99 Å². The van der Waals surface area contributed by atoms with Gasteiger partial charge in [-0.3, -0.25) is 9.79 Å². The normalized spacial score (nSPS) is 25.9. The molecule has 1 saturated carbocycles. The summed E-state index contributed by atoms with van der Waals surface area (Å²) in [6.45, 7) is 4.26. The molecule has 2 N–H and O–H groups in total. The molecule has 8 heteroatoms. The van der Waals surface area contributed by atoms with Crippen molar-refractivity contribution in [1.29, 1.82) is 0 Å². The van der Waals surface area contributed by atoms with Gasteiger partial charge in [0.15, 0.2) is 5.96 Å². The lowest BCUT2D eigenvalue weighted by Crippen LogP contribution is -2.50. The summed E-state index contributed by atoms with van der Waals surface area (Å²) in [5.74, 6) is 1.50. The number of thioether (sulfide) groups is 1. The number of hydrogen-bond donors (Lipinski definition) is 2. The van der Waals surface area contributed by atoms with Crippen LogP contribution in [0.4, 0.5) is 0 Å². The highest BCUT2D eigenvalue weighted by Crippen LogP contribution is 2.33. The second-order valence-electron chi connectivity index (χ2n) is 7.82.